The summed E-state index contributed by atoms with van der Waals surface area (Å²) in [5.74, 6) is -1.16. The zero-order valence-corrected chi connectivity index (χ0v) is 10.7. The monoisotopic (exact) mass is 262 g/mol. The van der Waals surface area contributed by atoms with Crippen LogP contribution in [0.1, 0.15) is 36.1 Å². The van der Waals surface area contributed by atoms with Gasteiger partial charge in [-0.1, -0.05) is 37.6 Å². The summed E-state index contributed by atoms with van der Waals surface area (Å²) in [6, 6.07) is 10.4. The van der Waals surface area contributed by atoms with E-state index >= 15 is 0 Å². The van der Waals surface area contributed by atoms with Crippen molar-refractivity contribution in [2.45, 2.75) is 25.9 Å². The van der Waals surface area contributed by atoms with Crippen molar-refractivity contribution < 1.29 is 13.9 Å². The first-order valence-corrected chi connectivity index (χ1v) is 6.33. The highest BCUT2D eigenvalue weighted by atomic mass is 19.1. The topological polar surface area (TPSA) is 20.2 Å². The highest BCUT2D eigenvalue weighted by molar-refractivity contribution is 5.33. The van der Waals surface area contributed by atoms with Gasteiger partial charge < -0.3 is 5.11 Å². The molecule has 0 aliphatic rings. The van der Waals surface area contributed by atoms with Crippen molar-refractivity contribution in [1.82, 2.24) is 0 Å². The molecule has 2 aromatic carbocycles. The largest absolute Gasteiger partial charge is 0.384 e. The van der Waals surface area contributed by atoms with Gasteiger partial charge in [-0.05, 0) is 35.7 Å². The normalized spacial score (nSPS) is 12.4. The lowest BCUT2D eigenvalue weighted by Gasteiger charge is -2.13. The standard InChI is InChI=1S/C16H16F2O/c1-2-4-11-5-3-6-12(9-11)16(19)14-10-13(17)7-8-15(14)18/h3,5-10,16,19H,2,4H2,1H3. The SMILES string of the molecule is CCCc1cccc(C(O)c2cc(F)ccc2F)c1. The fraction of sp³-hybridized carbons (Fsp3) is 0.250. The predicted octanol–water partition coefficient (Wildman–Crippen LogP) is 4.00. The molecule has 2 aromatic rings. The summed E-state index contributed by atoms with van der Waals surface area (Å²) in [6.45, 7) is 2.06. The molecule has 0 amide bonds. The quantitative estimate of drug-likeness (QED) is 0.883. The summed E-state index contributed by atoms with van der Waals surface area (Å²) in [5, 5.41) is 10.2. The molecular formula is C16H16F2O. The zero-order chi connectivity index (χ0) is 13.8. The minimum atomic E-state index is -1.15. The number of halogens is 2. The average Bonchev–Trinajstić information content (AvgIpc) is 2.41. The van der Waals surface area contributed by atoms with Gasteiger partial charge in [-0.25, -0.2) is 8.78 Å². The van der Waals surface area contributed by atoms with Crippen LogP contribution >= 0.6 is 0 Å². The van der Waals surface area contributed by atoms with Crippen molar-refractivity contribution in [2.75, 3.05) is 0 Å². The first-order chi connectivity index (χ1) is 9.11. The summed E-state index contributed by atoms with van der Waals surface area (Å²) < 4.78 is 26.8. The van der Waals surface area contributed by atoms with Crippen LogP contribution in [-0.2, 0) is 6.42 Å². The molecule has 1 N–H and O–H groups in total. The third-order valence-electron chi connectivity index (χ3n) is 3.06. The molecular weight excluding hydrogens is 246 g/mol. The van der Waals surface area contributed by atoms with Gasteiger partial charge in [0.1, 0.15) is 17.7 Å². The Bertz CT molecular complexity index is 566. The fourth-order valence-corrected chi connectivity index (χ4v) is 2.11. The smallest absolute Gasteiger partial charge is 0.129 e. The summed E-state index contributed by atoms with van der Waals surface area (Å²) in [5.41, 5.74) is 1.62. The maximum absolute atomic E-state index is 13.6. The molecule has 0 spiro atoms. The first kappa shape index (κ1) is 13.7. The van der Waals surface area contributed by atoms with Crippen LogP contribution in [0.2, 0.25) is 0 Å². The molecule has 1 nitrogen and oxygen atoms in total. The van der Waals surface area contributed by atoms with Crippen LogP contribution in [0.4, 0.5) is 8.78 Å². The Morgan fingerprint density at radius 2 is 1.89 bits per heavy atom. The van der Waals surface area contributed by atoms with E-state index in [0.717, 1.165) is 36.6 Å². The summed E-state index contributed by atoms with van der Waals surface area (Å²) in [4.78, 5) is 0. The molecule has 100 valence electrons. The molecule has 0 saturated carbocycles. The highest BCUT2D eigenvalue weighted by Crippen LogP contribution is 2.25. The van der Waals surface area contributed by atoms with Crippen molar-refractivity contribution in [3.05, 3.63) is 70.8 Å². The van der Waals surface area contributed by atoms with Crippen LogP contribution in [0.25, 0.3) is 0 Å². The van der Waals surface area contributed by atoms with Gasteiger partial charge in [0.25, 0.3) is 0 Å². The van der Waals surface area contributed by atoms with Crippen molar-refractivity contribution in [1.29, 1.82) is 0 Å². The Balaban J connectivity index is 2.35. The van der Waals surface area contributed by atoms with E-state index in [1.54, 1.807) is 6.07 Å². The van der Waals surface area contributed by atoms with Gasteiger partial charge in [0.15, 0.2) is 0 Å². The molecule has 1 unspecified atom stereocenters. The van der Waals surface area contributed by atoms with Crippen LogP contribution < -0.4 is 0 Å². The van der Waals surface area contributed by atoms with Crippen molar-refractivity contribution in [3.63, 3.8) is 0 Å². The van der Waals surface area contributed by atoms with Crippen LogP contribution in [0.3, 0.4) is 0 Å². The fourth-order valence-electron chi connectivity index (χ4n) is 2.11. The lowest BCUT2D eigenvalue weighted by molar-refractivity contribution is 0.214. The Hall–Kier alpha value is -1.74. The van der Waals surface area contributed by atoms with Crippen molar-refractivity contribution in [2.24, 2.45) is 0 Å². The van der Waals surface area contributed by atoms with Gasteiger partial charge in [-0.3, -0.25) is 0 Å². The van der Waals surface area contributed by atoms with Crippen LogP contribution in [0.15, 0.2) is 42.5 Å². The van der Waals surface area contributed by atoms with E-state index in [2.05, 4.69) is 6.92 Å². The van der Waals surface area contributed by atoms with Gasteiger partial charge in [0.2, 0.25) is 0 Å². The Labute approximate surface area is 111 Å². The minimum absolute atomic E-state index is 0.0337. The third-order valence-corrected chi connectivity index (χ3v) is 3.06. The molecule has 0 aliphatic carbocycles. The number of aliphatic hydroxyl groups is 1. The molecule has 0 aromatic heterocycles. The number of aryl methyl sites for hydroxylation is 1. The maximum Gasteiger partial charge on any atom is 0.129 e. The van der Waals surface area contributed by atoms with Crippen LogP contribution in [0, 0.1) is 11.6 Å². The van der Waals surface area contributed by atoms with E-state index < -0.39 is 17.7 Å². The molecule has 19 heavy (non-hydrogen) atoms. The lowest BCUT2D eigenvalue weighted by Crippen LogP contribution is -2.04. The van der Waals surface area contributed by atoms with Gasteiger partial charge >= 0.3 is 0 Å². The molecule has 1 atom stereocenters. The van der Waals surface area contributed by atoms with E-state index in [-0.39, 0.29) is 5.56 Å². The lowest BCUT2D eigenvalue weighted by atomic mass is 9.98. The second-order valence-electron chi connectivity index (χ2n) is 4.56. The van der Waals surface area contributed by atoms with Gasteiger partial charge in [0, 0.05) is 5.56 Å². The van der Waals surface area contributed by atoms with E-state index in [0.29, 0.717) is 5.56 Å². The molecule has 0 aliphatic heterocycles. The van der Waals surface area contributed by atoms with Crippen molar-refractivity contribution >= 4 is 0 Å². The number of aliphatic hydroxyl groups excluding tert-OH is 1. The van der Waals surface area contributed by atoms with Crippen molar-refractivity contribution in [3.8, 4) is 0 Å². The van der Waals surface area contributed by atoms with E-state index in [1.807, 2.05) is 18.2 Å². The molecule has 0 bridgehead atoms. The summed E-state index contributed by atoms with van der Waals surface area (Å²) in [6.07, 6.45) is 0.743. The number of hydrogen-bond acceptors (Lipinski definition) is 1. The summed E-state index contributed by atoms with van der Waals surface area (Å²) >= 11 is 0. The Kier molecular flexibility index (Phi) is 4.27. The number of hydrogen-bond donors (Lipinski definition) is 1. The second-order valence-corrected chi connectivity index (χ2v) is 4.56. The molecule has 0 heterocycles. The van der Waals surface area contributed by atoms with Gasteiger partial charge in [0.05, 0.1) is 0 Å². The number of rotatable bonds is 4. The molecule has 0 saturated heterocycles. The summed E-state index contributed by atoms with van der Waals surface area (Å²) in [7, 11) is 0. The van der Waals surface area contributed by atoms with E-state index in [9.17, 15) is 13.9 Å². The minimum Gasteiger partial charge on any atom is -0.384 e. The highest BCUT2D eigenvalue weighted by Gasteiger charge is 2.16. The second kappa shape index (κ2) is 5.93. The predicted molar refractivity (Wildman–Crippen MR) is 70.9 cm³/mol. The maximum atomic E-state index is 13.6. The third kappa shape index (κ3) is 3.18. The Morgan fingerprint density at radius 1 is 1.11 bits per heavy atom. The Morgan fingerprint density at radius 3 is 2.63 bits per heavy atom. The molecule has 0 radical (unpaired) electrons. The van der Waals surface area contributed by atoms with Gasteiger partial charge in [-0.2, -0.15) is 0 Å². The van der Waals surface area contributed by atoms with Crippen LogP contribution in [0.5, 0.6) is 0 Å². The molecule has 0 fully saturated rings. The van der Waals surface area contributed by atoms with Gasteiger partial charge in [-0.15, -0.1) is 0 Å². The molecule has 3 heteroatoms. The number of benzene rings is 2. The van der Waals surface area contributed by atoms with E-state index in [4.69, 9.17) is 0 Å². The first-order valence-electron chi connectivity index (χ1n) is 6.33. The van der Waals surface area contributed by atoms with E-state index in [1.165, 1.54) is 0 Å². The van der Waals surface area contributed by atoms with Crippen LogP contribution in [-0.4, -0.2) is 5.11 Å². The molecule has 2 rings (SSSR count). The average molecular weight is 262 g/mol. The zero-order valence-electron chi connectivity index (χ0n) is 10.7.